The number of carbonyl (C=O) groups is 1. The maximum atomic E-state index is 12.5. The topological polar surface area (TPSA) is 63.9 Å². The maximum absolute atomic E-state index is 12.5. The number of nitrogens with zero attached hydrogens (tertiary/aromatic N) is 5. The second-order valence-corrected chi connectivity index (χ2v) is 8.56. The van der Waals surface area contributed by atoms with Crippen molar-refractivity contribution in [3.8, 4) is 10.6 Å². The molecule has 0 aliphatic carbocycles. The van der Waals surface area contributed by atoms with E-state index in [4.69, 9.17) is 28.2 Å². The van der Waals surface area contributed by atoms with Crippen LogP contribution in [0.4, 0.5) is 0 Å². The lowest BCUT2D eigenvalue weighted by Gasteiger charge is -2.30. The number of thiazole rings is 1. The monoisotopic (exact) mass is 427 g/mol. The van der Waals surface area contributed by atoms with E-state index in [0.29, 0.717) is 21.7 Å². The highest BCUT2D eigenvalue weighted by Crippen LogP contribution is 2.39. The Bertz CT molecular complexity index is 942. The number of hydrogen-bond donors (Lipinski definition) is 0. The summed E-state index contributed by atoms with van der Waals surface area (Å²) in [6.07, 6.45) is 5.17. The van der Waals surface area contributed by atoms with Gasteiger partial charge in [-0.05, 0) is 24.4 Å². The van der Waals surface area contributed by atoms with Crippen LogP contribution in [0.1, 0.15) is 34.1 Å². The minimum Gasteiger partial charge on any atom is -0.339 e. The number of amides is 1. The first-order chi connectivity index (χ1) is 12.5. The van der Waals surface area contributed by atoms with Gasteiger partial charge in [0, 0.05) is 37.6 Å². The van der Waals surface area contributed by atoms with E-state index in [9.17, 15) is 4.79 Å². The summed E-state index contributed by atoms with van der Waals surface area (Å²) in [5.74, 6) is 0.399. The Morgan fingerprint density at radius 1 is 1.31 bits per heavy atom. The van der Waals surface area contributed by atoms with E-state index in [1.54, 1.807) is 28.4 Å². The highest BCUT2D eigenvalue weighted by atomic mass is 35.5. The number of carbonyl (C=O) groups excluding carboxylic acids is 1. The smallest absolute Gasteiger partial charge is 0.257 e. The van der Waals surface area contributed by atoms with Gasteiger partial charge in [-0.3, -0.25) is 9.48 Å². The summed E-state index contributed by atoms with van der Waals surface area (Å²) in [6.45, 7) is 1.45. The molecule has 0 saturated carbocycles. The molecule has 1 saturated heterocycles. The van der Waals surface area contributed by atoms with Gasteiger partial charge in [-0.2, -0.15) is 9.47 Å². The molecule has 6 nitrogen and oxygen atoms in total. The first kappa shape index (κ1) is 17.9. The van der Waals surface area contributed by atoms with Gasteiger partial charge in [0.05, 0.1) is 32.4 Å². The molecule has 0 radical (unpaired) electrons. The van der Waals surface area contributed by atoms with Crippen LogP contribution in [0.5, 0.6) is 0 Å². The molecule has 3 aromatic heterocycles. The molecule has 1 aliphatic heterocycles. The minimum atomic E-state index is 0.0439. The summed E-state index contributed by atoms with van der Waals surface area (Å²) in [6, 6.07) is 0. The zero-order valence-electron chi connectivity index (χ0n) is 13.9. The standard InChI is InChI=1S/C16H15Cl2N5OS2/c1-22-7-10(6-19-22)16(24)23-4-2-9(3-5-23)15-20-11(8-25-15)13-12(17)14(18)21-26-13/h6-9H,2-5H2,1H3. The average Bonchev–Trinajstić information content (AvgIpc) is 3.37. The van der Waals surface area contributed by atoms with Gasteiger partial charge in [0.25, 0.3) is 5.91 Å². The van der Waals surface area contributed by atoms with Crippen molar-refractivity contribution in [3.05, 3.63) is 38.5 Å². The highest BCUT2D eigenvalue weighted by Gasteiger charge is 2.27. The molecule has 4 rings (SSSR count). The van der Waals surface area contributed by atoms with Crippen molar-refractivity contribution in [2.45, 2.75) is 18.8 Å². The van der Waals surface area contributed by atoms with Crippen LogP contribution in [-0.2, 0) is 7.05 Å². The zero-order valence-corrected chi connectivity index (χ0v) is 17.0. The maximum Gasteiger partial charge on any atom is 0.257 e. The first-order valence-electron chi connectivity index (χ1n) is 8.07. The van der Waals surface area contributed by atoms with Crippen molar-refractivity contribution in [3.63, 3.8) is 0 Å². The van der Waals surface area contributed by atoms with E-state index in [1.807, 2.05) is 17.3 Å². The van der Waals surface area contributed by atoms with Gasteiger partial charge in [0.2, 0.25) is 0 Å². The fourth-order valence-electron chi connectivity index (χ4n) is 3.04. The van der Waals surface area contributed by atoms with Crippen molar-refractivity contribution < 1.29 is 4.79 Å². The van der Waals surface area contributed by atoms with E-state index in [-0.39, 0.29) is 5.91 Å². The Morgan fingerprint density at radius 3 is 2.69 bits per heavy atom. The predicted molar refractivity (Wildman–Crippen MR) is 104 cm³/mol. The SMILES string of the molecule is Cn1cc(C(=O)N2CCC(c3nc(-c4snc(Cl)c4Cl)cs3)CC2)cn1. The van der Waals surface area contributed by atoms with Crippen LogP contribution in [-0.4, -0.2) is 43.0 Å². The Morgan fingerprint density at radius 2 is 2.08 bits per heavy atom. The van der Waals surface area contributed by atoms with Gasteiger partial charge >= 0.3 is 0 Å². The molecule has 0 aromatic carbocycles. The molecule has 1 aliphatic rings. The van der Waals surface area contributed by atoms with Crippen LogP contribution >= 0.6 is 46.1 Å². The van der Waals surface area contributed by atoms with Gasteiger partial charge in [-0.15, -0.1) is 11.3 Å². The molecule has 0 bridgehead atoms. The number of likely N-dealkylation sites (tertiary alicyclic amines) is 1. The Kier molecular flexibility index (Phi) is 5.00. The van der Waals surface area contributed by atoms with Crippen molar-refractivity contribution in [2.24, 2.45) is 7.05 Å². The summed E-state index contributed by atoms with van der Waals surface area (Å²) in [7, 11) is 1.81. The molecular formula is C16H15Cl2N5OS2. The summed E-state index contributed by atoms with van der Waals surface area (Å²) >= 11 is 15.0. The zero-order chi connectivity index (χ0) is 18.3. The van der Waals surface area contributed by atoms with Gasteiger partial charge in [0.1, 0.15) is 0 Å². The van der Waals surface area contributed by atoms with Crippen molar-refractivity contribution in [1.82, 2.24) is 24.0 Å². The first-order valence-corrected chi connectivity index (χ1v) is 10.5. The van der Waals surface area contributed by atoms with E-state index in [2.05, 4.69) is 9.47 Å². The summed E-state index contributed by atoms with van der Waals surface area (Å²) in [5, 5.41) is 7.93. The predicted octanol–water partition coefficient (Wildman–Crippen LogP) is 4.33. The summed E-state index contributed by atoms with van der Waals surface area (Å²) in [4.78, 5) is 20.0. The Balaban J connectivity index is 1.42. The van der Waals surface area contributed by atoms with Gasteiger partial charge in [-0.1, -0.05) is 23.2 Å². The highest BCUT2D eigenvalue weighted by molar-refractivity contribution is 7.12. The molecular weight excluding hydrogens is 413 g/mol. The van der Waals surface area contributed by atoms with Gasteiger partial charge < -0.3 is 4.90 Å². The van der Waals surface area contributed by atoms with Crippen molar-refractivity contribution in [1.29, 1.82) is 0 Å². The fourth-order valence-corrected chi connectivity index (χ4v) is 5.28. The average molecular weight is 428 g/mol. The lowest BCUT2D eigenvalue weighted by molar-refractivity contribution is 0.0713. The number of aromatic nitrogens is 4. The van der Waals surface area contributed by atoms with E-state index >= 15 is 0 Å². The van der Waals surface area contributed by atoms with Crippen LogP contribution in [0.2, 0.25) is 10.2 Å². The molecule has 10 heteroatoms. The van der Waals surface area contributed by atoms with Gasteiger partial charge in [0.15, 0.2) is 5.15 Å². The van der Waals surface area contributed by atoms with E-state index < -0.39 is 0 Å². The van der Waals surface area contributed by atoms with Crippen LogP contribution in [0, 0.1) is 0 Å². The molecule has 0 unspecified atom stereocenters. The molecule has 1 fully saturated rings. The Labute approximate surface area is 168 Å². The summed E-state index contributed by atoms with van der Waals surface area (Å²) in [5.41, 5.74) is 1.47. The lowest BCUT2D eigenvalue weighted by Crippen LogP contribution is -2.37. The molecule has 4 heterocycles. The van der Waals surface area contributed by atoms with Crippen molar-refractivity contribution in [2.75, 3.05) is 13.1 Å². The summed E-state index contributed by atoms with van der Waals surface area (Å²) < 4.78 is 5.71. The minimum absolute atomic E-state index is 0.0439. The largest absolute Gasteiger partial charge is 0.339 e. The second-order valence-electron chi connectivity index (χ2n) is 6.16. The molecule has 26 heavy (non-hydrogen) atoms. The second kappa shape index (κ2) is 7.26. The normalized spacial score (nSPS) is 15.6. The van der Waals surface area contributed by atoms with Crippen LogP contribution in [0.3, 0.4) is 0 Å². The third-order valence-electron chi connectivity index (χ3n) is 4.44. The van der Waals surface area contributed by atoms with Crippen molar-refractivity contribution >= 4 is 52.0 Å². The van der Waals surface area contributed by atoms with Gasteiger partial charge in [-0.25, -0.2) is 4.98 Å². The molecule has 3 aromatic rings. The van der Waals surface area contributed by atoms with E-state index in [0.717, 1.165) is 41.5 Å². The Hall–Kier alpha value is -1.48. The number of hydrogen-bond acceptors (Lipinski definition) is 6. The molecule has 0 N–H and O–H groups in total. The van der Waals surface area contributed by atoms with Crippen LogP contribution in [0.25, 0.3) is 10.6 Å². The number of aryl methyl sites for hydroxylation is 1. The fraction of sp³-hybridized carbons (Fsp3) is 0.375. The molecule has 136 valence electrons. The molecule has 0 spiro atoms. The number of rotatable bonds is 3. The third kappa shape index (κ3) is 3.38. The van der Waals surface area contributed by atoms with Crippen LogP contribution in [0.15, 0.2) is 17.8 Å². The third-order valence-corrected chi connectivity index (χ3v) is 7.26. The number of piperidine rings is 1. The van der Waals surface area contributed by atoms with E-state index in [1.165, 1.54) is 11.5 Å². The quantitative estimate of drug-likeness (QED) is 0.623. The number of halogens is 2. The molecule has 1 amide bonds. The van der Waals surface area contributed by atoms with Crippen LogP contribution < -0.4 is 0 Å². The molecule has 0 atom stereocenters. The lowest BCUT2D eigenvalue weighted by atomic mass is 9.97.